The van der Waals surface area contributed by atoms with Gasteiger partial charge in [-0.2, -0.15) is 0 Å². The Bertz CT molecular complexity index is 417. The number of H-pyrrole nitrogens is 1. The lowest BCUT2D eigenvalue weighted by Crippen LogP contribution is -2.36. The van der Waals surface area contributed by atoms with E-state index in [1.807, 2.05) is 4.98 Å². The van der Waals surface area contributed by atoms with E-state index in [1.54, 1.807) is 6.92 Å². The number of nitrogens with one attached hydrogen (secondary N) is 2. The zero-order valence-electron chi connectivity index (χ0n) is 7.03. The number of carbonyl (C=O) groups is 1. The molecule has 13 heavy (non-hydrogen) atoms. The van der Waals surface area contributed by atoms with E-state index in [0.717, 1.165) is 10.7 Å². The number of aromatic amines is 1. The molecule has 0 radical (unpaired) electrons. The van der Waals surface area contributed by atoms with Crippen LogP contribution in [0.5, 0.6) is 0 Å². The molecule has 0 atom stereocenters. The molecule has 1 rings (SSSR count). The first-order valence-electron chi connectivity index (χ1n) is 3.75. The highest BCUT2D eigenvalue weighted by atomic mass is 16.2. The second-order valence-corrected chi connectivity index (χ2v) is 2.37. The van der Waals surface area contributed by atoms with Gasteiger partial charge in [0.1, 0.15) is 0 Å². The average molecular weight is 183 g/mol. The van der Waals surface area contributed by atoms with Crippen LogP contribution in [0.1, 0.15) is 13.3 Å². The fourth-order valence-corrected chi connectivity index (χ4v) is 0.719. The van der Waals surface area contributed by atoms with Crippen LogP contribution < -0.4 is 16.7 Å². The van der Waals surface area contributed by atoms with Crippen molar-refractivity contribution in [3.8, 4) is 0 Å². The molecule has 6 heteroatoms. The summed E-state index contributed by atoms with van der Waals surface area (Å²) in [7, 11) is 0. The van der Waals surface area contributed by atoms with E-state index in [0.29, 0.717) is 0 Å². The van der Waals surface area contributed by atoms with Gasteiger partial charge in [-0.1, -0.05) is 6.92 Å². The molecule has 0 aliphatic carbocycles. The van der Waals surface area contributed by atoms with Crippen LogP contribution in [0.15, 0.2) is 21.9 Å². The average Bonchev–Trinajstić information content (AvgIpc) is 2.09. The molecular formula is C7H9N3O3. The smallest absolute Gasteiger partial charge is 0.273 e. The van der Waals surface area contributed by atoms with Gasteiger partial charge in [0.05, 0.1) is 0 Å². The zero-order valence-corrected chi connectivity index (χ0v) is 7.03. The normalized spacial score (nSPS) is 9.62. The van der Waals surface area contributed by atoms with Gasteiger partial charge in [-0.05, 0) is 0 Å². The molecule has 6 nitrogen and oxygen atoms in total. The Labute approximate surface area is 73.2 Å². The number of nitrogens with zero attached hydrogens (tertiary/aromatic N) is 1. The minimum atomic E-state index is -0.658. The highest BCUT2D eigenvalue weighted by Gasteiger charge is 1.99. The van der Waals surface area contributed by atoms with Crippen molar-refractivity contribution in [3.05, 3.63) is 33.1 Å². The standard InChI is InChI=1S/C7H9N3O3/c1-2-5(11)9-10-4-3-6(12)8-7(10)13/h3-4H,2H2,1H3,(H,9,11)(H,8,12,13). The van der Waals surface area contributed by atoms with Crippen LogP contribution in [-0.4, -0.2) is 15.6 Å². The molecule has 0 unspecified atom stereocenters. The van der Waals surface area contributed by atoms with Crippen LogP contribution in [-0.2, 0) is 4.79 Å². The van der Waals surface area contributed by atoms with Gasteiger partial charge in [-0.25, -0.2) is 9.47 Å². The second-order valence-electron chi connectivity index (χ2n) is 2.37. The predicted molar refractivity (Wildman–Crippen MR) is 46.0 cm³/mol. The molecule has 1 heterocycles. The third-order valence-electron chi connectivity index (χ3n) is 1.39. The first-order chi connectivity index (χ1) is 6.13. The van der Waals surface area contributed by atoms with Gasteiger partial charge < -0.3 is 0 Å². The summed E-state index contributed by atoms with van der Waals surface area (Å²) in [5, 5.41) is 0. The van der Waals surface area contributed by atoms with Gasteiger partial charge in [0.25, 0.3) is 5.56 Å². The van der Waals surface area contributed by atoms with Crippen molar-refractivity contribution in [2.24, 2.45) is 0 Å². The molecule has 0 fully saturated rings. The largest absolute Gasteiger partial charge is 0.347 e. The van der Waals surface area contributed by atoms with Crippen molar-refractivity contribution in [3.63, 3.8) is 0 Å². The highest BCUT2D eigenvalue weighted by Crippen LogP contribution is 1.76. The van der Waals surface area contributed by atoms with Gasteiger partial charge in [-0.15, -0.1) is 0 Å². The SMILES string of the molecule is CCC(=O)Nn1ccc(=O)[nH]c1=O. The maximum absolute atomic E-state index is 11.0. The predicted octanol–water partition coefficient (Wildman–Crippen LogP) is -0.983. The summed E-state index contributed by atoms with van der Waals surface area (Å²) >= 11 is 0. The number of rotatable bonds is 2. The van der Waals surface area contributed by atoms with Crippen molar-refractivity contribution < 1.29 is 4.79 Å². The van der Waals surface area contributed by atoms with Gasteiger partial charge in [-0.3, -0.25) is 20.0 Å². The van der Waals surface area contributed by atoms with E-state index in [-0.39, 0.29) is 12.3 Å². The molecular weight excluding hydrogens is 174 g/mol. The molecule has 2 N–H and O–H groups in total. The van der Waals surface area contributed by atoms with Crippen LogP contribution >= 0.6 is 0 Å². The maximum atomic E-state index is 11.0. The summed E-state index contributed by atoms with van der Waals surface area (Å²) in [6.07, 6.45) is 1.47. The molecule has 0 saturated heterocycles. The van der Waals surface area contributed by atoms with Crippen LogP contribution in [0.25, 0.3) is 0 Å². The lowest BCUT2D eigenvalue weighted by Gasteiger charge is -2.04. The monoisotopic (exact) mass is 183 g/mol. The minimum absolute atomic E-state index is 0.269. The fourth-order valence-electron chi connectivity index (χ4n) is 0.719. The molecule has 1 aromatic rings. The number of carbonyl (C=O) groups excluding carboxylic acids is 1. The molecule has 1 amide bonds. The summed E-state index contributed by atoms with van der Waals surface area (Å²) in [4.78, 5) is 34.5. The summed E-state index contributed by atoms with van der Waals surface area (Å²) in [5.74, 6) is -0.297. The van der Waals surface area contributed by atoms with Crippen molar-refractivity contribution in [2.75, 3.05) is 5.43 Å². The maximum Gasteiger partial charge on any atom is 0.347 e. The Morgan fingerprint density at radius 1 is 1.62 bits per heavy atom. The molecule has 0 aliphatic rings. The Morgan fingerprint density at radius 3 is 2.85 bits per heavy atom. The second kappa shape index (κ2) is 3.70. The lowest BCUT2D eigenvalue weighted by molar-refractivity contribution is -0.116. The fraction of sp³-hybridized carbons (Fsp3) is 0.286. The summed E-state index contributed by atoms with van der Waals surface area (Å²) < 4.78 is 0.924. The quantitative estimate of drug-likeness (QED) is 0.617. The van der Waals surface area contributed by atoms with Crippen molar-refractivity contribution in [1.82, 2.24) is 9.66 Å². The van der Waals surface area contributed by atoms with Crippen LogP contribution in [0.3, 0.4) is 0 Å². The first-order valence-corrected chi connectivity index (χ1v) is 3.75. The van der Waals surface area contributed by atoms with Gasteiger partial charge in [0.2, 0.25) is 5.91 Å². The Kier molecular flexibility index (Phi) is 2.63. The van der Waals surface area contributed by atoms with Gasteiger partial charge in [0.15, 0.2) is 0 Å². The van der Waals surface area contributed by atoms with E-state index < -0.39 is 11.2 Å². The molecule has 1 aromatic heterocycles. The third-order valence-corrected chi connectivity index (χ3v) is 1.39. The van der Waals surface area contributed by atoms with Crippen LogP contribution in [0.2, 0.25) is 0 Å². The summed E-state index contributed by atoms with van der Waals surface area (Å²) in [6.45, 7) is 1.66. The Balaban J connectivity index is 2.97. The van der Waals surface area contributed by atoms with Crippen molar-refractivity contribution >= 4 is 5.91 Å². The molecule has 70 valence electrons. The van der Waals surface area contributed by atoms with E-state index in [2.05, 4.69) is 5.43 Å². The number of aromatic nitrogens is 2. The van der Waals surface area contributed by atoms with Gasteiger partial charge >= 0.3 is 5.69 Å². The Hall–Kier alpha value is -1.85. The summed E-state index contributed by atoms with van der Waals surface area (Å²) in [6, 6.07) is 1.15. The Morgan fingerprint density at radius 2 is 2.31 bits per heavy atom. The van der Waals surface area contributed by atoms with Crippen LogP contribution in [0.4, 0.5) is 0 Å². The topological polar surface area (TPSA) is 84.0 Å². The molecule has 0 aliphatic heterocycles. The van der Waals surface area contributed by atoms with E-state index in [1.165, 1.54) is 6.20 Å². The molecule has 0 aromatic carbocycles. The van der Waals surface area contributed by atoms with E-state index >= 15 is 0 Å². The first kappa shape index (κ1) is 9.24. The lowest BCUT2D eigenvalue weighted by atomic mass is 10.5. The van der Waals surface area contributed by atoms with Gasteiger partial charge in [0, 0.05) is 18.7 Å². The zero-order chi connectivity index (χ0) is 9.84. The van der Waals surface area contributed by atoms with E-state index in [9.17, 15) is 14.4 Å². The minimum Gasteiger partial charge on any atom is -0.273 e. The van der Waals surface area contributed by atoms with Crippen molar-refractivity contribution in [2.45, 2.75) is 13.3 Å². The number of hydrogen-bond acceptors (Lipinski definition) is 3. The summed E-state index contributed by atoms with van der Waals surface area (Å²) in [5.41, 5.74) is 1.13. The molecule has 0 saturated carbocycles. The molecule has 0 bridgehead atoms. The molecule has 0 spiro atoms. The highest BCUT2D eigenvalue weighted by molar-refractivity contribution is 5.83. The van der Waals surface area contributed by atoms with Crippen molar-refractivity contribution in [1.29, 1.82) is 0 Å². The third kappa shape index (κ3) is 2.29. The van der Waals surface area contributed by atoms with Crippen LogP contribution in [0, 0.1) is 0 Å². The van der Waals surface area contributed by atoms with E-state index in [4.69, 9.17) is 0 Å². The number of amides is 1. The number of hydrogen-bond donors (Lipinski definition) is 2.